The lowest BCUT2D eigenvalue weighted by atomic mass is 10.1. The van der Waals surface area contributed by atoms with Gasteiger partial charge < -0.3 is 15.1 Å². The highest BCUT2D eigenvalue weighted by molar-refractivity contribution is 7.91. The van der Waals surface area contributed by atoms with Crippen molar-refractivity contribution in [2.45, 2.75) is 37.3 Å². The largest absolute Gasteiger partial charge is 0.351 e. The molecule has 9 heteroatoms. The summed E-state index contributed by atoms with van der Waals surface area (Å²) < 4.78 is 23.0. The summed E-state index contributed by atoms with van der Waals surface area (Å²) in [5.41, 5.74) is 1.07. The van der Waals surface area contributed by atoms with Crippen molar-refractivity contribution >= 4 is 21.7 Å². The van der Waals surface area contributed by atoms with Gasteiger partial charge in [0.25, 0.3) is 0 Å². The predicted octanol–water partition coefficient (Wildman–Crippen LogP) is 0.371. The van der Waals surface area contributed by atoms with Crippen molar-refractivity contribution < 1.29 is 13.2 Å². The van der Waals surface area contributed by atoms with E-state index in [0.29, 0.717) is 25.4 Å². The van der Waals surface area contributed by atoms with E-state index >= 15 is 0 Å². The van der Waals surface area contributed by atoms with Crippen molar-refractivity contribution in [3.63, 3.8) is 0 Å². The van der Waals surface area contributed by atoms with Crippen LogP contribution in [0.15, 0.2) is 12.1 Å². The number of aromatic nitrogens is 2. The first-order chi connectivity index (χ1) is 11.9. The molecule has 0 radical (unpaired) electrons. The lowest BCUT2D eigenvalue weighted by molar-refractivity contribution is 0.175. The van der Waals surface area contributed by atoms with E-state index in [9.17, 15) is 13.2 Å². The Morgan fingerprint density at radius 1 is 1.24 bits per heavy atom. The Labute approximate surface area is 147 Å². The van der Waals surface area contributed by atoms with E-state index in [1.54, 1.807) is 11.9 Å². The smallest absolute Gasteiger partial charge is 0.317 e. The van der Waals surface area contributed by atoms with Gasteiger partial charge in [-0.05, 0) is 31.4 Å². The topological polar surface area (TPSA) is 95.5 Å². The highest BCUT2D eigenvalue weighted by Gasteiger charge is 2.36. The van der Waals surface area contributed by atoms with Crippen LogP contribution in [0.25, 0.3) is 0 Å². The molecule has 1 aromatic rings. The van der Waals surface area contributed by atoms with Crippen LogP contribution in [0, 0.1) is 0 Å². The molecule has 1 N–H and O–H groups in total. The van der Waals surface area contributed by atoms with Crippen molar-refractivity contribution in [2.75, 3.05) is 36.5 Å². The van der Waals surface area contributed by atoms with Crippen LogP contribution in [0.5, 0.6) is 0 Å². The molecule has 136 valence electrons. The lowest BCUT2D eigenvalue weighted by Crippen LogP contribution is -2.62. The van der Waals surface area contributed by atoms with Gasteiger partial charge in [0.1, 0.15) is 0 Å². The van der Waals surface area contributed by atoms with E-state index in [-0.39, 0.29) is 29.6 Å². The summed E-state index contributed by atoms with van der Waals surface area (Å²) in [7, 11) is -1.23. The normalized spacial score (nSPS) is 25.5. The van der Waals surface area contributed by atoms with Crippen molar-refractivity contribution in [1.82, 2.24) is 20.4 Å². The molecule has 1 saturated carbocycles. The number of carbonyl (C=O) groups excluding carboxylic acids is 1. The fourth-order valence-electron chi connectivity index (χ4n) is 3.34. The summed E-state index contributed by atoms with van der Waals surface area (Å²) in [4.78, 5) is 16.0. The second-order valence-corrected chi connectivity index (χ2v) is 9.54. The minimum absolute atomic E-state index is 0.0479. The molecule has 2 saturated heterocycles. The zero-order valence-electron chi connectivity index (χ0n) is 14.3. The number of likely N-dealkylation sites (N-methyl/N-ethyl adjacent to an activating group) is 1. The van der Waals surface area contributed by atoms with Crippen LogP contribution in [0.3, 0.4) is 0 Å². The molecule has 1 aromatic heterocycles. The molecule has 1 unspecified atom stereocenters. The van der Waals surface area contributed by atoms with Crippen LogP contribution in [0.2, 0.25) is 0 Å². The molecule has 2 amide bonds. The maximum absolute atomic E-state index is 12.3. The third kappa shape index (κ3) is 3.56. The first kappa shape index (κ1) is 16.6. The maximum atomic E-state index is 12.3. The lowest BCUT2D eigenvalue weighted by Gasteiger charge is -2.44. The van der Waals surface area contributed by atoms with E-state index in [0.717, 1.165) is 11.5 Å². The Bertz CT molecular complexity index is 756. The van der Waals surface area contributed by atoms with E-state index in [2.05, 4.69) is 20.4 Å². The fourth-order valence-corrected chi connectivity index (χ4v) is 5.01. The van der Waals surface area contributed by atoms with Gasteiger partial charge in [0, 0.05) is 32.1 Å². The highest BCUT2D eigenvalue weighted by Crippen LogP contribution is 2.38. The Hall–Kier alpha value is -1.90. The molecule has 3 fully saturated rings. The zero-order chi connectivity index (χ0) is 17.6. The molecule has 3 aliphatic rings. The summed E-state index contributed by atoms with van der Waals surface area (Å²) in [5.74, 6) is 1.65. The van der Waals surface area contributed by atoms with Crippen LogP contribution in [-0.4, -0.2) is 73.3 Å². The van der Waals surface area contributed by atoms with Gasteiger partial charge in [0.15, 0.2) is 15.7 Å². The van der Waals surface area contributed by atoms with Crippen LogP contribution < -0.4 is 10.2 Å². The molecule has 8 nitrogen and oxygen atoms in total. The van der Waals surface area contributed by atoms with Crippen LogP contribution >= 0.6 is 0 Å². The molecule has 0 spiro atoms. The molecule has 3 heterocycles. The van der Waals surface area contributed by atoms with Gasteiger partial charge in [-0.1, -0.05) is 0 Å². The van der Waals surface area contributed by atoms with Gasteiger partial charge in [-0.15, -0.1) is 5.10 Å². The molecular formula is C16H23N5O3S. The summed E-state index contributed by atoms with van der Waals surface area (Å²) >= 11 is 0. The number of amides is 2. The first-order valence-electron chi connectivity index (χ1n) is 8.73. The molecule has 25 heavy (non-hydrogen) atoms. The number of sulfone groups is 1. The Balaban J connectivity index is 1.27. The van der Waals surface area contributed by atoms with Crippen molar-refractivity contribution in [1.29, 1.82) is 0 Å². The van der Waals surface area contributed by atoms with Gasteiger partial charge in [0.2, 0.25) is 0 Å². The van der Waals surface area contributed by atoms with Crippen LogP contribution in [-0.2, 0) is 9.84 Å². The summed E-state index contributed by atoms with van der Waals surface area (Å²) in [6.45, 7) is 1.43. The maximum Gasteiger partial charge on any atom is 0.317 e. The van der Waals surface area contributed by atoms with Crippen LogP contribution in [0.1, 0.15) is 30.9 Å². The van der Waals surface area contributed by atoms with Gasteiger partial charge in [-0.2, -0.15) is 5.10 Å². The number of hydrogen-bond acceptors (Lipinski definition) is 6. The second kappa shape index (κ2) is 6.12. The number of nitrogens with zero attached hydrogens (tertiary/aromatic N) is 4. The Kier molecular flexibility index (Phi) is 4.05. The monoisotopic (exact) mass is 365 g/mol. The third-order valence-corrected chi connectivity index (χ3v) is 7.05. The van der Waals surface area contributed by atoms with Crippen molar-refractivity contribution in [3.8, 4) is 0 Å². The molecular weight excluding hydrogens is 342 g/mol. The minimum atomic E-state index is -2.99. The summed E-state index contributed by atoms with van der Waals surface area (Å²) in [6, 6.07) is 3.67. The summed E-state index contributed by atoms with van der Waals surface area (Å²) in [5, 5.41) is 11.4. The summed E-state index contributed by atoms with van der Waals surface area (Å²) in [6.07, 6.45) is 2.92. The minimum Gasteiger partial charge on any atom is -0.351 e. The second-order valence-electron chi connectivity index (χ2n) is 7.31. The van der Waals surface area contributed by atoms with Gasteiger partial charge in [0.05, 0.1) is 23.2 Å². The van der Waals surface area contributed by atoms with E-state index in [1.807, 2.05) is 12.1 Å². The van der Waals surface area contributed by atoms with Crippen molar-refractivity contribution in [3.05, 3.63) is 17.8 Å². The molecule has 1 atom stereocenters. The fraction of sp³-hybridized carbons (Fsp3) is 0.688. The zero-order valence-corrected chi connectivity index (χ0v) is 15.1. The molecule has 1 aliphatic carbocycles. The Morgan fingerprint density at radius 2 is 2.00 bits per heavy atom. The first-order valence-corrected chi connectivity index (χ1v) is 10.6. The SMILES string of the molecule is CN(C(=O)NC1CCS(=O)(=O)C1)C1CN(c2ccc(C3CC3)nn2)C1. The average molecular weight is 365 g/mol. The molecule has 4 rings (SSSR count). The third-order valence-electron chi connectivity index (χ3n) is 5.28. The standard InChI is InChI=1S/C16H23N5O3S/c1-20(16(22)17-12-6-7-25(23,24)10-12)13-8-21(9-13)15-5-4-14(18-19-15)11-2-3-11/h4-5,11-13H,2-3,6-10H2,1H3,(H,17,22). The van der Waals surface area contributed by atoms with Crippen molar-refractivity contribution in [2.24, 2.45) is 0 Å². The molecule has 2 aliphatic heterocycles. The number of anilines is 1. The average Bonchev–Trinajstić information content (AvgIpc) is 3.31. The predicted molar refractivity (Wildman–Crippen MR) is 93.4 cm³/mol. The van der Waals surface area contributed by atoms with Gasteiger partial charge >= 0.3 is 6.03 Å². The number of rotatable bonds is 4. The van der Waals surface area contributed by atoms with E-state index in [4.69, 9.17) is 0 Å². The quantitative estimate of drug-likeness (QED) is 0.828. The highest BCUT2D eigenvalue weighted by atomic mass is 32.2. The molecule has 0 bridgehead atoms. The van der Waals surface area contributed by atoms with Gasteiger partial charge in [-0.25, -0.2) is 13.2 Å². The number of carbonyl (C=O) groups is 1. The van der Waals surface area contributed by atoms with E-state index < -0.39 is 9.84 Å². The molecule has 0 aromatic carbocycles. The van der Waals surface area contributed by atoms with E-state index in [1.165, 1.54) is 12.8 Å². The Morgan fingerprint density at radius 3 is 2.56 bits per heavy atom. The number of nitrogens with one attached hydrogen (secondary N) is 1. The number of urea groups is 1. The van der Waals surface area contributed by atoms with Gasteiger partial charge in [-0.3, -0.25) is 0 Å². The van der Waals surface area contributed by atoms with Crippen LogP contribution in [0.4, 0.5) is 10.6 Å². The number of hydrogen-bond donors (Lipinski definition) is 1.